The molecule has 0 bridgehead atoms. The summed E-state index contributed by atoms with van der Waals surface area (Å²) >= 11 is 10.8. The molecular weight excluding hydrogens is 669 g/mol. The molecule has 0 fully saturated rings. The number of hydrogen-bond acceptors (Lipinski definition) is 8. The predicted molar refractivity (Wildman–Crippen MR) is 183 cm³/mol. The number of rotatable bonds is 16. The van der Waals surface area contributed by atoms with E-state index in [1.807, 2.05) is 11.6 Å². The molecule has 0 saturated heterocycles. The molecular formula is C33H41ClFN3O7S2. The number of carbonyl (C=O) groups is 3. The van der Waals surface area contributed by atoms with Crippen molar-refractivity contribution >= 4 is 52.0 Å². The molecule has 0 aliphatic rings. The van der Waals surface area contributed by atoms with Gasteiger partial charge in [-0.05, 0) is 49.1 Å². The van der Waals surface area contributed by atoms with E-state index in [0.29, 0.717) is 47.8 Å². The van der Waals surface area contributed by atoms with Crippen molar-refractivity contribution in [3.05, 3.63) is 88.7 Å². The molecule has 3 rings (SSSR count). The molecule has 0 radical (unpaired) electrons. The van der Waals surface area contributed by atoms with Crippen LogP contribution >= 0.6 is 24.2 Å². The lowest BCUT2D eigenvalue weighted by molar-refractivity contribution is -0.137. The molecule has 3 aromatic carbocycles. The fourth-order valence-electron chi connectivity index (χ4n) is 4.23. The maximum atomic E-state index is 13.9. The van der Waals surface area contributed by atoms with Gasteiger partial charge in [-0.1, -0.05) is 73.5 Å². The van der Waals surface area contributed by atoms with Gasteiger partial charge >= 0.3 is 5.97 Å². The highest BCUT2D eigenvalue weighted by molar-refractivity contribution is 7.90. The maximum absolute atomic E-state index is 13.9. The number of hydrogen-bond donors (Lipinski definition) is 6. The van der Waals surface area contributed by atoms with E-state index in [9.17, 15) is 32.3 Å². The molecule has 0 aliphatic carbocycles. The van der Waals surface area contributed by atoms with Gasteiger partial charge in [-0.2, -0.15) is 12.6 Å². The lowest BCUT2D eigenvalue weighted by Gasteiger charge is -2.16. The summed E-state index contributed by atoms with van der Waals surface area (Å²) in [5.41, 5.74) is 2.06. The van der Waals surface area contributed by atoms with Gasteiger partial charge in [0.15, 0.2) is 0 Å². The highest BCUT2D eigenvalue weighted by atomic mass is 35.5. The average molecular weight is 710 g/mol. The monoisotopic (exact) mass is 709 g/mol. The molecule has 0 aromatic heterocycles. The topological polar surface area (TPSA) is 162 Å². The molecule has 2 atom stereocenters. The van der Waals surface area contributed by atoms with Gasteiger partial charge in [-0.3, -0.25) is 14.4 Å². The Bertz CT molecular complexity index is 1610. The molecule has 0 saturated carbocycles. The van der Waals surface area contributed by atoms with E-state index in [1.54, 1.807) is 48.5 Å². The molecule has 2 amide bonds. The summed E-state index contributed by atoms with van der Waals surface area (Å²) in [6.07, 6.45) is 0.851. The van der Waals surface area contributed by atoms with Gasteiger partial charge < -0.3 is 20.8 Å². The highest BCUT2D eigenvalue weighted by Crippen LogP contribution is 2.33. The Morgan fingerprint density at radius 2 is 1.66 bits per heavy atom. The van der Waals surface area contributed by atoms with Crippen molar-refractivity contribution in [3.63, 3.8) is 0 Å². The van der Waals surface area contributed by atoms with Crippen LogP contribution in [-0.2, 0) is 37.4 Å². The molecule has 0 unspecified atom stereocenters. The lowest BCUT2D eigenvalue weighted by Crippen LogP contribution is -2.37. The molecule has 256 valence electrons. The van der Waals surface area contributed by atoms with E-state index in [2.05, 4.69) is 23.3 Å². The number of carbonyl (C=O) groups excluding carboxylic acids is 2. The number of halogens is 2. The third-order valence-electron chi connectivity index (χ3n) is 6.80. The molecule has 0 heterocycles. The van der Waals surface area contributed by atoms with Crippen molar-refractivity contribution < 1.29 is 37.4 Å². The Morgan fingerprint density at radius 3 is 2.26 bits per heavy atom. The molecule has 3 aromatic rings. The molecule has 14 heteroatoms. The zero-order valence-electron chi connectivity index (χ0n) is 26.2. The van der Waals surface area contributed by atoms with Gasteiger partial charge in [-0.25, -0.2) is 17.5 Å². The van der Waals surface area contributed by atoms with Gasteiger partial charge in [0.1, 0.15) is 11.9 Å². The smallest absolute Gasteiger partial charge is 0.303 e. The number of carboxylic acid groups (broad SMARTS) is 1. The largest absolute Gasteiger partial charge is 0.481 e. The summed E-state index contributed by atoms with van der Waals surface area (Å²) in [4.78, 5) is 33.9. The summed E-state index contributed by atoms with van der Waals surface area (Å²) < 4.78 is 41.4. The van der Waals surface area contributed by atoms with E-state index < -0.39 is 33.9 Å². The van der Waals surface area contributed by atoms with Crippen LogP contribution in [0.1, 0.15) is 44.2 Å². The minimum absolute atomic E-state index is 0.151. The number of aliphatic hydroxyl groups excluding tert-OH is 1. The van der Waals surface area contributed by atoms with Crippen LogP contribution in [0.15, 0.2) is 71.6 Å². The summed E-state index contributed by atoms with van der Waals surface area (Å²) in [5.74, 6) is -2.45. The van der Waals surface area contributed by atoms with Crippen LogP contribution in [0.5, 0.6) is 0 Å². The number of thiol groups is 1. The number of sulfonamides is 1. The lowest BCUT2D eigenvalue weighted by atomic mass is 10.00. The Morgan fingerprint density at radius 1 is 0.979 bits per heavy atom. The Kier molecular flexibility index (Phi) is 16.9. The van der Waals surface area contributed by atoms with Crippen LogP contribution in [0.4, 0.5) is 4.39 Å². The predicted octanol–water partition coefficient (Wildman–Crippen LogP) is 4.59. The average Bonchev–Trinajstić information content (AvgIpc) is 3.03. The number of aliphatic hydroxyl groups is 1. The first kappa shape index (κ1) is 39.7. The fraction of sp³-hybridized carbons (Fsp3) is 0.364. The minimum Gasteiger partial charge on any atom is -0.481 e. The quantitative estimate of drug-likeness (QED) is 0.0930. The second kappa shape index (κ2) is 20.0. The van der Waals surface area contributed by atoms with Crippen LogP contribution < -0.4 is 15.4 Å². The van der Waals surface area contributed by atoms with Crippen molar-refractivity contribution in [2.24, 2.45) is 5.92 Å². The Hall–Kier alpha value is -3.49. The third kappa shape index (κ3) is 13.3. The minimum atomic E-state index is -4.25. The molecule has 5 N–H and O–H groups in total. The number of benzene rings is 3. The van der Waals surface area contributed by atoms with E-state index in [0.717, 1.165) is 18.4 Å². The number of carboxylic acids is 1. The molecule has 0 aliphatic heterocycles. The number of nitrogens with one attached hydrogen (secondary N) is 3. The standard InChI is InChI=1S/C28H31ClFN3O5S2.C5H10O2/c1-18(34)27(35)33-40(37,38)26-9-5-3-7-23(26)22-11-10-19(14-24(22)29)16-31-12-13-32-28(36)21(17-39)15-20-6-2-4-8-25(20)30;1-2-3-4-5(6)7/h2-11,14,18,21,31,34,39H,12-13,15-17H2,1H3,(H,32,36)(H,33,35);2-4H2,1H3,(H,6,7)/t18-,21+;/m0./s1. The van der Waals surface area contributed by atoms with Crippen LogP contribution in [0, 0.1) is 11.7 Å². The fourth-order valence-corrected chi connectivity index (χ4v) is 6.10. The van der Waals surface area contributed by atoms with Gasteiger partial charge in [0, 0.05) is 48.0 Å². The molecule has 10 nitrogen and oxygen atoms in total. The summed E-state index contributed by atoms with van der Waals surface area (Å²) in [7, 11) is -4.25. The first-order chi connectivity index (χ1) is 22.3. The van der Waals surface area contributed by atoms with Crippen LogP contribution in [0.25, 0.3) is 11.1 Å². The number of aliphatic carboxylic acids is 1. The van der Waals surface area contributed by atoms with Crippen molar-refractivity contribution in [2.45, 2.75) is 57.1 Å². The SMILES string of the molecule is CCCCC(=O)O.C[C@H](O)C(=O)NS(=O)(=O)c1ccccc1-c1ccc(CNCCNC(=O)[C@@H](CS)Cc2ccccc2F)cc1Cl. The van der Waals surface area contributed by atoms with Gasteiger partial charge in [0.2, 0.25) is 5.91 Å². The Labute approximate surface area is 285 Å². The van der Waals surface area contributed by atoms with Crippen molar-refractivity contribution in [3.8, 4) is 11.1 Å². The molecule has 47 heavy (non-hydrogen) atoms. The summed E-state index contributed by atoms with van der Waals surface area (Å²) in [6.45, 7) is 4.40. The number of amides is 2. The van der Waals surface area contributed by atoms with Gasteiger partial charge in [0.25, 0.3) is 15.9 Å². The zero-order chi connectivity index (χ0) is 35.0. The van der Waals surface area contributed by atoms with E-state index in [1.165, 1.54) is 25.1 Å². The van der Waals surface area contributed by atoms with E-state index in [4.69, 9.17) is 16.7 Å². The number of unbranched alkanes of at least 4 members (excludes halogenated alkanes) is 1. The first-order valence-electron chi connectivity index (χ1n) is 15.0. The molecule has 0 spiro atoms. The summed E-state index contributed by atoms with van der Waals surface area (Å²) in [6, 6.07) is 17.6. The Balaban J connectivity index is 0.000000984. The second-order valence-corrected chi connectivity index (χ2v) is 13.0. The summed E-state index contributed by atoms with van der Waals surface area (Å²) in [5, 5.41) is 23.8. The van der Waals surface area contributed by atoms with E-state index in [-0.39, 0.29) is 28.8 Å². The van der Waals surface area contributed by atoms with Crippen molar-refractivity contribution in [1.29, 1.82) is 0 Å². The van der Waals surface area contributed by atoms with Crippen LogP contribution in [0.3, 0.4) is 0 Å². The van der Waals surface area contributed by atoms with Crippen molar-refractivity contribution in [2.75, 3.05) is 18.8 Å². The maximum Gasteiger partial charge on any atom is 0.303 e. The second-order valence-electron chi connectivity index (χ2n) is 10.6. The normalized spacial score (nSPS) is 12.3. The van der Waals surface area contributed by atoms with Crippen LogP contribution in [0.2, 0.25) is 5.02 Å². The highest BCUT2D eigenvalue weighted by Gasteiger charge is 2.24. The van der Waals surface area contributed by atoms with E-state index >= 15 is 0 Å². The van der Waals surface area contributed by atoms with Gasteiger partial charge in [-0.15, -0.1) is 0 Å². The third-order valence-corrected chi connectivity index (χ3v) is 8.96. The first-order valence-corrected chi connectivity index (χ1v) is 17.5. The van der Waals surface area contributed by atoms with Crippen molar-refractivity contribution in [1.82, 2.24) is 15.4 Å². The zero-order valence-corrected chi connectivity index (χ0v) is 28.7. The van der Waals surface area contributed by atoms with Crippen LogP contribution in [-0.4, -0.2) is 61.4 Å². The van der Waals surface area contributed by atoms with Gasteiger partial charge in [0.05, 0.1) is 10.8 Å².